The number of halogens is 1. The van der Waals surface area contributed by atoms with Crippen molar-refractivity contribution in [2.75, 3.05) is 6.54 Å². The van der Waals surface area contributed by atoms with Gasteiger partial charge in [0.2, 0.25) is 0 Å². The molecule has 20 heavy (non-hydrogen) atoms. The van der Waals surface area contributed by atoms with Crippen LogP contribution in [0.5, 0.6) is 0 Å². The summed E-state index contributed by atoms with van der Waals surface area (Å²) in [5, 5.41) is 3.61. The number of benzene rings is 2. The minimum atomic E-state index is 0. The maximum atomic E-state index is 3.61. The topological polar surface area (TPSA) is 12.0 Å². The first kappa shape index (κ1) is 15.1. The summed E-state index contributed by atoms with van der Waals surface area (Å²) in [6.07, 6.45) is 2.46. The first-order valence-corrected chi connectivity index (χ1v) is 7.27. The van der Waals surface area contributed by atoms with Crippen molar-refractivity contribution in [1.29, 1.82) is 0 Å². The van der Waals surface area contributed by atoms with Gasteiger partial charge in [-0.3, -0.25) is 0 Å². The summed E-state index contributed by atoms with van der Waals surface area (Å²) in [6, 6.07) is 20.4. The van der Waals surface area contributed by atoms with Gasteiger partial charge in [0.15, 0.2) is 0 Å². The second-order valence-corrected chi connectivity index (χ2v) is 5.28. The first-order valence-electron chi connectivity index (χ1n) is 7.27. The third-order valence-corrected chi connectivity index (χ3v) is 4.14. The second-order valence-electron chi connectivity index (χ2n) is 5.28. The van der Waals surface area contributed by atoms with E-state index in [-0.39, 0.29) is 12.4 Å². The van der Waals surface area contributed by atoms with Crippen LogP contribution in [-0.4, -0.2) is 6.54 Å². The fraction of sp³-hybridized carbons (Fsp3) is 0.333. The third kappa shape index (κ3) is 2.89. The molecule has 0 aliphatic heterocycles. The van der Waals surface area contributed by atoms with Gasteiger partial charge in [0, 0.05) is 12.0 Å². The monoisotopic (exact) mass is 287 g/mol. The fourth-order valence-electron chi connectivity index (χ4n) is 3.28. The predicted octanol–water partition coefficient (Wildman–Crippen LogP) is 4.68. The van der Waals surface area contributed by atoms with Crippen LogP contribution in [0, 0.1) is 0 Å². The Bertz CT molecular complexity index is 538. The van der Waals surface area contributed by atoms with Crippen LogP contribution < -0.4 is 5.32 Å². The molecule has 2 heteroatoms. The van der Waals surface area contributed by atoms with Crippen molar-refractivity contribution < 1.29 is 0 Å². The van der Waals surface area contributed by atoms with Crippen LogP contribution in [0.3, 0.4) is 0 Å². The van der Waals surface area contributed by atoms with E-state index in [1.54, 1.807) is 0 Å². The molecule has 0 bridgehead atoms. The van der Waals surface area contributed by atoms with E-state index in [0.717, 1.165) is 6.54 Å². The average molecular weight is 288 g/mol. The summed E-state index contributed by atoms with van der Waals surface area (Å²) in [6.45, 7) is 3.22. The van der Waals surface area contributed by atoms with E-state index in [4.69, 9.17) is 0 Å². The maximum Gasteiger partial charge on any atom is 0.0323 e. The molecule has 2 aromatic rings. The summed E-state index contributed by atoms with van der Waals surface area (Å²) in [4.78, 5) is 0. The highest BCUT2D eigenvalue weighted by atomic mass is 35.5. The van der Waals surface area contributed by atoms with Gasteiger partial charge >= 0.3 is 0 Å². The molecule has 0 amide bonds. The van der Waals surface area contributed by atoms with Crippen molar-refractivity contribution >= 4 is 12.4 Å². The summed E-state index contributed by atoms with van der Waals surface area (Å²) in [5.41, 5.74) is 4.44. The number of nitrogens with one attached hydrogen (secondary N) is 1. The Kier molecular flexibility index (Phi) is 5.22. The minimum absolute atomic E-state index is 0. The molecule has 0 unspecified atom stereocenters. The zero-order valence-electron chi connectivity index (χ0n) is 11.9. The SMILES string of the molecule is CCN[C@H]1CC[C@H](c2ccccc2)c2ccccc21.Cl. The van der Waals surface area contributed by atoms with Gasteiger partial charge in [0.1, 0.15) is 0 Å². The molecule has 1 aliphatic rings. The van der Waals surface area contributed by atoms with Gasteiger partial charge in [-0.25, -0.2) is 0 Å². The summed E-state index contributed by atoms with van der Waals surface area (Å²) < 4.78 is 0. The van der Waals surface area contributed by atoms with Gasteiger partial charge in [0.25, 0.3) is 0 Å². The van der Waals surface area contributed by atoms with E-state index in [0.29, 0.717) is 12.0 Å². The van der Waals surface area contributed by atoms with E-state index in [1.807, 2.05) is 0 Å². The molecule has 2 aromatic carbocycles. The van der Waals surface area contributed by atoms with Gasteiger partial charge in [-0.1, -0.05) is 61.5 Å². The highest BCUT2D eigenvalue weighted by molar-refractivity contribution is 5.85. The molecule has 1 aliphatic carbocycles. The van der Waals surface area contributed by atoms with E-state index in [1.165, 1.54) is 29.5 Å². The second kappa shape index (κ2) is 6.92. The number of fused-ring (bicyclic) bond motifs is 1. The van der Waals surface area contributed by atoms with Crippen molar-refractivity contribution in [3.05, 3.63) is 71.3 Å². The van der Waals surface area contributed by atoms with Crippen molar-refractivity contribution in [2.45, 2.75) is 31.7 Å². The normalized spacial score (nSPS) is 20.9. The predicted molar refractivity (Wildman–Crippen MR) is 87.6 cm³/mol. The lowest BCUT2D eigenvalue weighted by Gasteiger charge is -2.32. The number of rotatable bonds is 3. The Labute approximate surface area is 127 Å². The smallest absolute Gasteiger partial charge is 0.0323 e. The molecule has 0 spiro atoms. The van der Waals surface area contributed by atoms with Gasteiger partial charge in [-0.05, 0) is 36.1 Å². The summed E-state index contributed by atoms with van der Waals surface area (Å²) in [5.74, 6) is 0.562. The Morgan fingerprint density at radius 2 is 1.55 bits per heavy atom. The minimum Gasteiger partial charge on any atom is -0.310 e. The van der Waals surface area contributed by atoms with Crippen LogP contribution in [0.4, 0.5) is 0 Å². The molecule has 0 radical (unpaired) electrons. The van der Waals surface area contributed by atoms with E-state index in [2.05, 4.69) is 66.8 Å². The molecule has 1 N–H and O–H groups in total. The molecule has 0 aromatic heterocycles. The first-order chi connectivity index (χ1) is 9.40. The van der Waals surface area contributed by atoms with Crippen molar-refractivity contribution in [3.8, 4) is 0 Å². The van der Waals surface area contributed by atoms with E-state index >= 15 is 0 Å². The Balaban J connectivity index is 0.00000147. The molecule has 0 saturated carbocycles. The molecule has 1 nitrogen and oxygen atoms in total. The lowest BCUT2D eigenvalue weighted by molar-refractivity contribution is 0.450. The molecule has 106 valence electrons. The Hall–Kier alpha value is -1.31. The van der Waals surface area contributed by atoms with Crippen molar-refractivity contribution in [2.24, 2.45) is 0 Å². The summed E-state index contributed by atoms with van der Waals surface area (Å²) >= 11 is 0. The average Bonchev–Trinajstić information content (AvgIpc) is 2.49. The van der Waals surface area contributed by atoms with Crippen LogP contribution in [0.1, 0.15) is 48.4 Å². The molecule has 0 heterocycles. The van der Waals surface area contributed by atoms with Crippen LogP contribution in [-0.2, 0) is 0 Å². The largest absolute Gasteiger partial charge is 0.310 e. The lowest BCUT2D eigenvalue weighted by atomic mass is 9.77. The highest BCUT2D eigenvalue weighted by Gasteiger charge is 2.26. The summed E-state index contributed by atoms with van der Waals surface area (Å²) in [7, 11) is 0. The van der Waals surface area contributed by atoms with E-state index in [9.17, 15) is 0 Å². The van der Waals surface area contributed by atoms with Crippen LogP contribution in [0.15, 0.2) is 54.6 Å². The maximum absolute atomic E-state index is 3.61. The lowest BCUT2D eigenvalue weighted by Crippen LogP contribution is -2.26. The van der Waals surface area contributed by atoms with Gasteiger partial charge < -0.3 is 5.32 Å². The third-order valence-electron chi connectivity index (χ3n) is 4.14. The molecule has 2 atom stereocenters. The molecular formula is C18H22ClN. The standard InChI is InChI=1S/C18H21N.ClH/c1-2-19-18-13-12-15(14-8-4-3-5-9-14)16-10-6-7-11-17(16)18;/h3-11,15,18-19H,2,12-13H2,1H3;1H/t15-,18+;/m1./s1. The van der Waals surface area contributed by atoms with Crippen molar-refractivity contribution in [3.63, 3.8) is 0 Å². The molecular weight excluding hydrogens is 266 g/mol. The van der Waals surface area contributed by atoms with Crippen LogP contribution in [0.2, 0.25) is 0 Å². The van der Waals surface area contributed by atoms with Crippen LogP contribution in [0.25, 0.3) is 0 Å². The zero-order chi connectivity index (χ0) is 13.1. The van der Waals surface area contributed by atoms with Gasteiger partial charge in [0.05, 0.1) is 0 Å². The van der Waals surface area contributed by atoms with Crippen molar-refractivity contribution in [1.82, 2.24) is 5.32 Å². The highest BCUT2D eigenvalue weighted by Crippen LogP contribution is 2.40. The van der Waals surface area contributed by atoms with Gasteiger partial charge in [-0.15, -0.1) is 12.4 Å². The van der Waals surface area contributed by atoms with Crippen LogP contribution >= 0.6 is 12.4 Å². The van der Waals surface area contributed by atoms with Gasteiger partial charge in [-0.2, -0.15) is 0 Å². The number of hydrogen-bond acceptors (Lipinski definition) is 1. The molecule has 0 saturated heterocycles. The van der Waals surface area contributed by atoms with E-state index < -0.39 is 0 Å². The molecule has 3 rings (SSSR count). The molecule has 0 fully saturated rings. The Morgan fingerprint density at radius 3 is 2.25 bits per heavy atom. The fourth-order valence-corrected chi connectivity index (χ4v) is 3.28. The number of hydrogen-bond donors (Lipinski definition) is 1. The zero-order valence-corrected chi connectivity index (χ0v) is 12.7. The quantitative estimate of drug-likeness (QED) is 0.864. The Morgan fingerprint density at radius 1 is 0.900 bits per heavy atom.